The molecule has 3 heteroatoms. The predicted octanol–water partition coefficient (Wildman–Crippen LogP) is 5.08. The average Bonchev–Trinajstić information content (AvgIpc) is 3.01. The molecule has 0 bridgehead atoms. The molecule has 0 radical (unpaired) electrons. The fourth-order valence-corrected chi connectivity index (χ4v) is 2.97. The molecule has 0 fully saturated rings. The normalized spacial score (nSPS) is 11.4. The first-order valence-corrected chi connectivity index (χ1v) is 6.95. The fraction of sp³-hybridized carbons (Fsp3) is 0. The minimum absolute atomic E-state index is 1.10. The van der Waals surface area contributed by atoms with Crippen LogP contribution in [0.25, 0.3) is 32.9 Å². The van der Waals surface area contributed by atoms with Gasteiger partial charge < -0.3 is 9.97 Å². The summed E-state index contributed by atoms with van der Waals surface area (Å²) in [6.45, 7) is 0. The van der Waals surface area contributed by atoms with Crippen molar-refractivity contribution in [1.29, 1.82) is 0 Å². The first-order chi connectivity index (χ1) is 9.33. The lowest BCUT2D eigenvalue weighted by molar-refractivity contribution is 1.46. The van der Waals surface area contributed by atoms with Crippen LogP contribution >= 0.6 is 15.9 Å². The predicted molar refractivity (Wildman–Crippen MR) is 83.3 cm³/mol. The Morgan fingerprint density at radius 3 is 2.26 bits per heavy atom. The molecule has 0 amide bonds. The molecule has 0 saturated heterocycles. The van der Waals surface area contributed by atoms with Crippen molar-refractivity contribution in [1.82, 2.24) is 9.97 Å². The van der Waals surface area contributed by atoms with Gasteiger partial charge >= 0.3 is 0 Å². The van der Waals surface area contributed by atoms with Gasteiger partial charge in [0.15, 0.2) is 0 Å². The lowest BCUT2D eigenvalue weighted by Crippen LogP contribution is -1.73. The van der Waals surface area contributed by atoms with Crippen molar-refractivity contribution < 1.29 is 0 Å². The fourth-order valence-electron chi connectivity index (χ4n) is 2.61. The second kappa shape index (κ2) is 4.00. The van der Waals surface area contributed by atoms with Crippen molar-refractivity contribution in [2.24, 2.45) is 0 Å². The van der Waals surface area contributed by atoms with Crippen molar-refractivity contribution in [3.8, 4) is 11.1 Å². The van der Waals surface area contributed by atoms with Gasteiger partial charge in [0.1, 0.15) is 0 Å². The molecule has 2 nitrogen and oxygen atoms in total. The number of fused-ring (bicyclic) bond motifs is 2. The summed E-state index contributed by atoms with van der Waals surface area (Å²) in [6, 6.07) is 14.7. The van der Waals surface area contributed by atoms with E-state index in [1.807, 2.05) is 0 Å². The van der Waals surface area contributed by atoms with E-state index in [9.17, 15) is 0 Å². The maximum atomic E-state index is 3.54. The van der Waals surface area contributed by atoms with E-state index >= 15 is 0 Å². The van der Waals surface area contributed by atoms with Crippen molar-refractivity contribution in [3.05, 3.63) is 59.3 Å². The maximum Gasteiger partial charge on any atom is 0.0461 e. The molecule has 0 unspecified atom stereocenters. The Morgan fingerprint density at radius 1 is 0.737 bits per heavy atom. The summed E-state index contributed by atoms with van der Waals surface area (Å²) >= 11 is 3.54. The second-order valence-electron chi connectivity index (χ2n) is 4.64. The Hall–Kier alpha value is -2.00. The third-order valence-corrected chi connectivity index (χ3v) is 4.02. The van der Waals surface area contributed by atoms with Gasteiger partial charge in [0, 0.05) is 49.8 Å². The SMILES string of the molecule is Brc1ccc2[nH]cc(-c3c[nH]c4ccccc34)c2c1. The van der Waals surface area contributed by atoms with E-state index < -0.39 is 0 Å². The monoisotopic (exact) mass is 310 g/mol. The first-order valence-electron chi connectivity index (χ1n) is 6.16. The van der Waals surface area contributed by atoms with E-state index in [1.165, 1.54) is 27.4 Å². The van der Waals surface area contributed by atoms with Crippen molar-refractivity contribution in [2.45, 2.75) is 0 Å². The summed E-state index contributed by atoms with van der Waals surface area (Å²) in [4.78, 5) is 6.66. The summed E-state index contributed by atoms with van der Waals surface area (Å²) in [7, 11) is 0. The van der Waals surface area contributed by atoms with Gasteiger partial charge in [-0.3, -0.25) is 0 Å². The highest BCUT2D eigenvalue weighted by Gasteiger charge is 2.10. The van der Waals surface area contributed by atoms with Crippen molar-refractivity contribution in [2.75, 3.05) is 0 Å². The third kappa shape index (κ3) is 1.62. The molecule has 92 valence electrons. The number of benzene rings is 2. The average molecular weight is 311 g/mol. The Balaban J connectivity index is 2.06. The van der Waals surface area contributed by atoms with Crippen LogP contribution in [-0.4, -0.2) is 9.97 Å². The number of para-hydroxylation sites is 1. The maximum absolute atomic E-state index is 3.54. The highest BCUT2D eigenvalue weighted by atomic mass is 79.9. The molecule has 4 rings (SSSR count). The van der Waals surface area contributed by atoms with Crippen LogP contribution in [-0.2, 0) is 0 Å². The van der Waals surface area contributed by atoms with Crippen molar-refractivity contribution >= 4 is 37.7 Å². The van der Waals surface area contributed by atoms with E-state index in [2.05, 4.69) is 80.8 Å². The molecule has 19 heavy (non-hydrogen) atoms. The summed E-state index contributed by atoms with van der Waals surface area (Å²) < 4.78 is 1.10. The van der Waals surface area contributed by atoms with Gasteiger partial charge in [-0.15, -0.1) is 0 Å². The molecule has 0 aliphatic heterocycles. The number of halogens is 1. The van der Waals surface area contributed by atoms with Crippen LogP contribution in [0.5, 0.6) is 0 Å². The summed E-state index contributed by atoms with van der Waals surface area (Å²) in [5.74, 6) is 0. The lowest BCUT2D eigenvalue weighted by atomic mass is 10.0. The Morgan fingerprint density at radius 2 is 1.42 bits per heavy atom. The molecule has 4 aromatic rings. The van der Waals surface area contributed by atoms with Gasteiger partial charge in [-0.25, -0.2) is 0 Å². The Labute approximate surface area is 118 Å². The minimum atomic E-state index is 1.10. The number of hydrogen-bond acceptors (Lipinski definition) is 0. The quantitative estimate of drug-likeness (QED) is 0.491. The van der Waals surface area contributed by atoms with Crippen LogP contribution in [0.4, 0.5) is 0 Å². The smallest absolute Gasteiger partial charge is 0.0461 e. The molecular formula is C16H11BrN2. The molecule has 2 N–H and O–H groups in total. The minimum Gasteiger partial charge on any atom is -0.361 e. The molecular weight excluding hydrogens is 300 g/mol. The van der Waals surface area contributed by atoms with E-state index in [0.717, 1.165) is 9.99 Å². The van der Waals surface area contributed by atoms with E-state index in [-0.39, 0.29) is 0 Å². The van der Waals surface area contributed by atoms with E-state index in [0.29, 0.717) is 0 Å². The lowest BCUT2D eigenvalue weighted by Gasteiger charge is -1.98. The van der Waals surface area contributed by atoms with Gasteiger partial charge in [-0.1, -0.05) is 34.1 Å². The number of aromatic amines is 2. The molecule has 0 saturated carbocycles. The zero-order chi connectivity index (χ0) is 12.8. The number of aromatic nitrogens is 2. The first kappa shape index (κ1) is 10.9. The van der Waals surface area contributed by atoms with Gasteiger partial charge in [0.2, 0.25) is 0 Å². The summed E-state index contributed by atoms with van der Waals surface area (Å²) in [6.07, 6.45) is 4.15. The largest absolute Gasteiger partial charge is 0.361 e. The van der Waals surface area contributed by atoms with Gasteiger partial charge in [-0.2, -0.15) is 0 Å². The van der Waals surface area contributed by atoms with Gasteiger partial charge in [0.05, 0.1) is 0 Å². The topological polar surface area (TPSA) is 31.6 Å². The van der Waals surface area contributed by atoms with Gasteiger partial charge in [-0.05, 0) is 24.3 Å². The van der Waals surface area contributed by atoms with E-state index in [1.54, 1.807) is 0 Å². The van der Waals surface area contributed by atoms with Crippen LogP contribution in [0, 0.1) is 0 Å². The number of rotatable bonds is 1. The third-order valence-electron chi connectivity index (χ3n) is 3.52. The van der Waals surface area contributed by atoms with Crippen LogP contribution < -0.4 is 0 Å². The zero-order valence-electron chi connectivity index (χ0n) is 10.1. The van der Waals surface area contributed by atoms with Crippen LogP contribution in [0.3, 0.4) is 0 Å². The second-order valence-corrected chi connectivity index (χ2v) is 5.56. The molecule has 0 aliphatic rings. The standard InChI is InChI=1S/C16H11BrN2/c17-10-5-6-16-12(7-10)14(9-19-16)13-8-18-15-4-2-1-3-11(13)15/h1-9,18-19H. The van der Waals surface area contributed by atoms with E-state index in [4.69, 9.17) is 0 Å². The van der Waals surface area contributed by atoms with Crippen LogP contribution in [0.2, 0.25) is 0 Å². The molecule has 0 aliphatic carbocycles. The van der Waals surface area contributed by atoms with Crippen LogP contribution in [0.1, 0.15) is 0 Å². The summed E-state index contributed by atoms with van der Waals surface area (Å²) in [5, 5.41) is 2.49. The Bertz CT molecular complexity index is 886. The van der Waals surface area contributed by atoms with Crippen molar-refractivity contribution in [3.63, 3.8) is 0 Å². The number of hydrogen-bond donors (Lipinski definition) is 2. The summed E-state index contributed by atoms with van der Waals surface area (Å²) in [5.41, 5.74) is 4.79. The molecule has 0 atom stereocenters. The molecule has 0 spiro atoms. The number of nitrogens with one attached hydrogen (secondary N) is 2. The Kier molecular flexibility index (Phi) is 2.29. The zero-order valence-corrected chi connectivity index (χ0v) is 11.7. The van der Waals surface area contributed by atoms with Crippen LogP contribution in [0.15, 0.2) is 59.3 Å². The highest BCUT2D eigenvalue weighted by Crippen LogP contribution is 2.34. The number of H-pyrrole nitrogens is 2. The highest BCUT2D eigenvalue weighted by molar-refractivity contribution is 9.10. The molecule has 2 aromatic carbocycles. The van der Waals surface area contributed by atoms with Gasteiger partial charge in [0.25, 0.3) is 0 Å². The molecule has 2 heterocycles. The molecule has 2 aromatic heterocycles.